The summed E-state index contributed by atoms with van der Waals surface area (Å²) in [6.07, 6.45) is 0.273. The largest absolute Gasteiger partial charge is 0.482 e. The molecule has 0 saturated carbocycles. The number of carbonyl (C=O) groups is 2. The van der Waals surface area contributed by atoms with Crippen molar-refractivity contribution in [2.75, 3.05) is 11.9 Å². The summed E-state index contributed by atoms with van der Waals surface area (Å²) in [7, 11) is 0. The highest BCUT2D eigenvalue weighted by atomic mass is 35.5. The average molecular weight is 404 g/mol. The number of ether oxygens (including phenoxy) is 2. The van der Waals surface area contributed by atoms with E-state index in [2.05, 4.69) is 10.3 Å². The molecule has 1 N–H and O–H groups in total. The molecule has 1 aromatic carbocycles. The van der Waals surface area contributed by atoms with E-state index >= 15 is 0 Å². The third kappa shape index (κ3) is 6.08. The van der Waals surface area contributed by atoms with E-state index in [0.717, 1.165) is 0 Å². The molecule has 25 heavy (non-hydrogen) atoms. The number of halogens is 3. The number of nitrogens with one attached hydrogen (secondary N) is 1. The number of carbonyl (C=O) groups excluding carboxylic acids is 2. The monoisotopic (exact) mass is 402 g/mol. The predicted octanol–water partition coefficient (Wildman–Crippen LogP) is 3.99. The second kappa shape index (κ2) is 8.89. The molecular weight excluding hydrogens is 391 g/mol. The highest BCUT2D eigenvalue weighted by Crippen LogP contribution is 2.22. The van der Waals surface area contributed by atoms with Crippen LogP contribution in [0.25, 0.3) is 0 Å². The molecule has 0 saturated heterocycles. The molecule has 2 aromatic rings. The zero-order valence-electron chi connectivity index (χ0n) is 13.0. The molecule has 9 heteroatoms. The Hall–Kier alpha value is -2.02. The van der Waals surface area contributed by atoms with Gasteiger partial charge in [0, 0.05) is 11.2 Å². The van der Waals surface area contributed by atoms with Crippen LogP contribution in [0.15, 0.2) is 36.5 Å². The minimum atomic E-state index is -1.06. The first kappa shape index (κ1) is 19.3. The normalized spacial score (nSPS) is 11.5. The van der Waals surface area contributed by atoms with Gasteiger partial charge in [-0.05, 0) is 37.3 Å². The Morgan fingerprint density at radius 3 is 2.48 bits per heavy atom. The molecule has 6 nitrogen and oxygen atoms in total. The van der Waals surface area contributed by atoms with Crippen molar-refractivity contribution in [1.82, 2.24) is 4.98 Å². The van der Waals surface area contributed by atoms with Crippen molar-refractivity contribution < 1.29 is 19.1 Å². The second-order valence-electron chi connectivity index (χ2n) is 4.85. The highest BCUT2D eigenvalue weighted by Gasteiger charge is 2.19. The summed E-state index contributed by atoms with van der Waals surface area (Å²) in [5, 5.41) is 3.51. The Kier molecular flexibility index (Phi) is 6.87. The van der Waals surface area contributed by atoms with E-state index in [-0.39, 0.29) is 17.4 Å². The topological polar surface area (TPSA) is 77.5 Å². The van der Waals surface area contributed by atoms with Crippen LogP contribution in [0.3, 0.4) is 0 Å². The summed E-state index contributed by atoms with van der Waals surface area (Å²) in [6.45, 7) is 1.07. The highest BCUT2D eigenvalue weighted by molar-refractivity contribution is 6.36. The molecule has 0 fully saturated rings. The summed E-state index contributed by atoms with van der Waals surface area (Å²) < 4.78 is 10.2. The van der Waals surface area contributed by atoms with Gasteiger partial charge in [0.2, 0.25) is 0 Å². The van der Waals surface area contributed by atoms with Crippen molar-refractivity contribution in [2.45, 2.75) is 13.0 Å². The van der Waals surface area contributed by atoms with Gasteiger partial charge in [0.1, 0.15) is 5.75 Å². The molecule has 1 aromatic heterocycles. The molecule has 1 atom stereocenters. The average Bonchev–Trinajstić information content (AvgIpc) is 2.56. The number of nitrogens with zero attached hydrogens (tertiary/aromatic N) is 1. The predicted molar refractivity (Wildman–Crippen MR) is 95.4 cm³/mol. The van der Waals surface area contributed by atoms with E-state index < -0.39 is 18.0 Å². The molecule has 0 aliphatic heterocycles. The van der Waals surface area contributed by atoms with E-state index in [0.29, 0.717) is 15.8 Å². The van der Waals surface area contributed by atoms with E-state index in [1.807, 2.05) is 0 Å². The van der Waals surface area contributed by atoms with Crippen LogP contribution in [0.5, 0.6) is 5.75 Å². The van der Waals surface area contributed by atoms with Gasteiger partial charge in [0.05, 0.1) is 10.0 Å². The van der Waals surface area contributed by atoms with E-state index in [9.17, 15) is 9.59 Å². The van der Waals surface area contributed by atoms with Crippen molar-refractivity contribution in [3.63, 3.8) is 0 Å². The fourth-order valence-corrected chi connectivity index (χ4v) is 2.24. The molecular formula is C16H13Cl3N2O4. The summed E-state index contributed by atoms with van der Waals surface area (Å²) in [4.78, 5) is 27.7. The quantitative estimate of drug-likeness (QED) is 0.738. The Labute approximate surface area is 159 Å². The smallest absolute Gasteiger partial charge is 0.344 e. The van der Waals surface area contributed by atoms with Gasteiger partial charge < -0.3 is 14.8 Å². The van der Waals surface area contributed by atoms with Crippen LogP contribution < -0.4 is 10.1 Å². The number of hydrogen-bond donors (Lipinski definition) is 1. The van der Waals surface area contributed by atoms with Gasteiger partial charge >= 0.3 is 5.97 Å². The first-order chi connectivity index (χ1) is 11.8. The number of esters is 1. The van der Waals surface area contributed by atoms with Crippen molar-refractivity contribution >= 4 is 52.5 Å². The van der Waals surface area contributed by atoms with Gasteiger partial charge in [0.15, 0.2) is 18.5 Å². The van der Waals surface area contributed by atoms with Gasteiger partial charge in [-0.15, -0.1) is 0 Å². The molecule has 0 bridgehead atoms. The maximum absolute atomic E-state index is 12.0. The van der Waals surface area contributed by atoms with Gasteiger partial charge in [0.25, 0.3) is 5.91 Å². The van der Waals surface area contributed by atoms with Crippen molar-refractivity contribution in [3.8, 4) is 5.75 Å². The maximum atomic E-state index is 12.0. The number of amides is 1. The lowest BCUT2D eigenvalue weighted by atomic mass is 10.3. The zero-order chi connectivity index (χ0) is 18.4. The number of benzene rings is 1. The van der Waals surface area contributed by atoms with Crippen LogP contribution >= 0.6 is 34.8 Å². The van der Waals surface area contributed by atoms with Crippen molar-refractivity contribution in [3.05, 3.63) is 51.6 Å². The molecule has 0 radical (unpaired) electrons. The number of rotatable bonds is 6. The van der Waals surface area contributed by atoms with Crippen molar-refractivity contribution in [1.29, 1.82) is 0 Å². The SMILES string of the molecule is C[C@@H](OC(=O)COc1ccc(Cl)cc1)C(=O)Nc1ncc(Cl)cc1Cl. The number of anilines is 1. The van der Waals surface area contributed by atoms with E-state index in [4.69, 9.17) is 44.3 Å². The third-order valence-electron chi connectivity index (χ3n) is 2.90. The number of hydrogen-bond acceptors (Lipinski definition) is 5. The Morgan fingerprint density at radius 2 is 1.84 bits per heavy atom. The molecule has 2 rings (SSSR count). The molecule has 0 spiro atoms. The summed E-state index contributed by atoms with van der Waals surface area (Å²) in [6, 6.07) is 7.91. The first-order valence-corrected chi connectivity index (χ1v) is 8.18. The molecule has 1 amide bonds. The summed E-state index contributed by atoms with van der Waals surface area (Å²) >= 11 is 17.4. The second-order valence-corrected chi connectivity index (χ2v) is 6.13. The molecule has 0 aliphatic carbocycles. The zero-order valence-corrected chi connectivity index (χ0v) is 15.2. The number of pyridine rings is 1. The van der Waals surface area contributed by atoms with E-state index in [1.54, 1.807) is 24.3 Å². The minimum absolute atomic E-state index is 0.122. The Bertz CT molecular complexity index is 768. The molecule has 1 heterocycles. The fourth-order valence-electron chi connectivity index (χ4n) is 1.68. The maximum Gasteiger partial charge on any atom is 0.344 e. The van der Waals surface area contributed by atoms with Gasteiger partial charge in [-0.3, -0.25) is 4.79 Å². The molecule has 0 unspecified atom stereocenters. The van der Waals surface area contributed by atoms with Crippen molar-refractivity contribution in [2.24, 2.45) is 0 Å². The van der Waals surface area contributed by atoms with Crippen LogP contribution in [0.4, 0.5) is 5.82 Å². The summed E-state index contributed by atoms with van der Waals surface area (Å²) in [5.41, 5.74) is 0. The lowest BCUT2D eigenvalue weighted by molar-refractivity contribution is -0.155. The standard InChI is InChI=1S/C16H13Cl3N2O4/c1-9(16(23)21-15-13(19)6-11(18)7-20-15)25-14(22)8-24-12-4-2-10(17)3-5-12/h2-7,9H,8H2,1H3,(H,20,21,23)/t9-/m1/s1. The van der Waals surface area contributed by atoms with Gasteiger partial charge in [-0.25, -0.2) is 9.78 Å². The Balaban J connectivity index is 1.83. The summed E-state index contributed by atoms with van der Waals surface area (Å²) in [5.74, 6) is -0.712. The van der Waals surface area contributed by atoms with Gasteiger partial charge in [-0.1, -0.05) is 34.8 Å². The fraction of sp³-hybridized carbons (Fsp3) is 0.188. The van der Waals surface area contributed by atoms with E-state index in [1.165, 1.54) is 19.2 Å². The van der Waals surface area contributed by atoms with Gasteiger partial charge in [-0.2, -0.15) is 0 Å². The van der Waals surface area contributed by atoms with Crippen LogP contribution in [-0.2, 0) is 14.3 Å². The lowest BCUT2D eigenvalue weighted by Gasteiger charge is -2.14. The molecule has 132 valence electrons. The third-order valence-corrected chi connectivity index (χ3v) is 3.64. The first-order valence-electron chi connectivity index (χ1n) is 7.05. The van der Waals surface area contributed by atoms with Crippen LogP contribution in [-0.4, -0.2) is 29.6 Å². The van der Waals surface area contributed by atoms with Crippen LogP contribution in [0, 0.1) is 0 Å². The van der Waals surface area contributed by atoms with Crippen LogP contribution in [0.2, 0.25) is 15.1 Å². The molecule has 0 aliphatic rings. The Morgan fingerprint density at radius 1 is 1.16 bits per heavy atom. The lowest BCUT2D eigenvalue weighted by Crippen LogP contribution is -2.32. The van der Waals surface area contributed by atoms with Crippen LogP contribution in [0.1, 0.15) is 6.92 Å². The number of aromatic nitrogens is 1. The minimum Gasteiger partial charge on any atom is -0.482 e.